The lowest BCUT2D eigenvalue weighted by molar-refractivity contribution is -0.136. The van der Waals surface area contributed by atoms with Gasteiger partial charge >= 0.3 is 0 Å². The molecule has 2 aromatic rings. The van der Waals surface area contributed by atoms with E-state index in [0.29, 0.717) is 26.1 Å². The van der Waals surface area contributed by atoms with Crippen molar-refractivity contribution in [2.45, 2.75) is 33.6 Å². The summed E-state index contributed by atoms with van der Waals surface area (Å²) in [6.45, 7) is 9.98. The molecule has 2 saturated heterocycles. The zero-order valence-electron chi connectivity index (χ0n) is 18.2. The monoisotopic (exact) mass is 405 g/mol. The maximum Gasteiger partial charge on any atom is 0.228 e. The summed E-state index contributed by atoms with van der Waals surface area (Å²) in [4.78, 5) is 31.8. The molecule has 0 spiro atoms. The van der Waals surface area contributed by atoms with Crippen molar-refractivity contribution >= 4 is 23.2 Å². The minimum absolute atomic E-state index is 0.0478. The number of aryl methyl sites for hydroxylation is 2. The molecule has 5 nitrogen and oxygen atoms in total. The van der Waals surface area contributed by atoms with Gasteiger partial charge in [0.25, 0.3) is 0 Å². The Morgan fingerprint density at radius 2 is 1.70 bits per heavy atom. The van der Waals surface area contributed by atoms with Crippen LogP contribution in [0.2, 0.25) is 0 Å². The van der Waals surface area contributed by atoms with Crippen molar-refractivity contribution in [3.8, 4) is 0 Å². The molecule has 2 aliphatic rings. The number of rotatable bonds is 4. The maximum absolute atomic E-state index is 13.1. The summed E-state index contributed by atoms with van der Waals surface area (Å²) in [7, 11) is 0. The molecule has 0 aromatic heterocycles. The molecule has 1 unspecified atom stereocenters. The fraction of sp³-hybridized carbons (Fsp3) is 0.440. The van der Waals surface area contributed by atoms with Gasteiger partial charge in [0.1, 0.15) is 0 Å². The lowest BCUT2D eigenvalue weighted by atomic mass is 10.1. The fourth-order valence-electron chi connectivity index (χ4n) is 4.54. The van der Waals surface area contributed by atoms with Gasteiger partial charge in [-0.3, -0.25) is 9.59 Å². The average Bonchev–Trinajstić information content (AvgIpc) is 3.17. The Hall–Kier alpha value is -2.82. The van der Waals surface area contributed by atoms with Crippen molar-refractivity contribution in [1.82, 2.24) is 4.90 Å². The molecule has 1 atom stereocenters. The third kappa shape index (κ3) is 3.93. The highest BCUT2D eigenvalue weighted by Gasteiger charge is 2.38. The summed E-state index contributed by atoms with van der Waals surface area (Å²) in [5, 5.41) is 0. The Bertz CT molecular complexity index is 930. The van der Waals surface area contributed by atoms with Crippen LogP contribution >= 0.6 is 0 Å². The number of carbonyl (C=O) groups excluding carboxylic acids is 2. The third-order valence-corrected chi connectivity index (χ3v) is 6.64. The second-order valence-electron chi connectivity index (χ2n) is 8.46. The summed E-state index contributed by atoms with van der Waals surface area (Å²) >= 11 is 0. The van der Waals surface area contributed by atoms with Gasteiger partial charge in [0.05, 0.1) is 5.92 Å². The van der Waals surface area contributed by atoms with Crippen molar-refractivity contribution in [2.24, 2.45) is 5.92 Å². The van der Waals surface area contributed by atoms with Gasteiger partial charge in [-0.05, 0) is 55.2 Å². The first-order valence-electron chi connectivity index (χ1n) is 11.0. The number of carbonyl (C=O) groups is 2. The maximum atomic E-state index is 13.1. The number of hydrogen-bond donors (Lipinski definition) is 0. The summed E-state index contributed by atoms with van der Waals surface area (Å²) in [6, 6.07) is 14.5. The Morgan fingerprint density at radius 1 is 1.00 bits per heavy atom. The van der Waals surface area contributed by atoms with Crippen LogP contribution in [0.1, 0.15) is 30.0 Å². The van der Waals surface area contributed by atoms with Gasteiger partial charge in [-0.15, -0.1) is 0 Å². The molecular formula is C25H31N3O2. The quantitative estimate of drug-likeness (QED) is 0.781. The van der Waals surface area contributed by atoms with Gasteiger partial charge in [0, 0.05) is 50.5 Å². The van der Waals surface area contributed by atoms with E-state index in [1.807, 2.05) is 17.0 Å². The molecule has 2 aliphatic heterocycles. The van der Waals surface area contributed by atoms with Crippen molar-refractivity contribution in [1.29, 1.82) is 0 Å². The lowest BCUT2D eigenvalue weighted by Crippen LogP contribution is -2.51. The summed E-state index contributed by atoms with van der Waals surface area (Å²) in [6.07, 6.45) is 1.29. The van der Waals surface area contributed by atoms with Crippen molar-refractivity contribution in [2.75, 3.05) is 42.5 Å². The molecular weight excluding hydrogens is 374 g/mol. The van der Waals surface area contributed by atoms with Crippen LogP contribution in [0.3, 0.4) is 0 Å². The molecule has 4 rings (SSSR count). The third-order valence-electron chi connectivity index (χ3n) is 6.64. The Kier molecular flexibility index (Phi) is 5.80. The Morgan fingerprint density at radius 3 is 2.37 bits per heavy atom. The second-order valence-corrected chi connectivity index (χ2v) is 8.46. The van der Waals surface area contributed by atoms with E-state index in [0.717, 1.165) is 25.2 Å². The molecule has 2 amide bonds. The number of piperazine rings is 1. The molecule has 2 fully saturated rings. The summed E-state index contributed by atoms with van der Waals surface area (Å²) < 4.78 is 0. The number of hydrogen-bond acceptors (Lipinski definition) is 3. The number of anilines is 2. The van der Waals surface area contributed by atoms with E-state index in [9.17, 15) is 9.59 Å². The smallest absolute Gasteiger partial charge is 0.228 e. The molecule has 2 aromatic carbocycles. The first kappa shape index (κ1) is 20.5. The number of nitrogens with zero attached hydrogens (tertiary/aromatic N) is 3. The molecule has 0 aliphatic carbocycles. The van der Waals surface area contributed by atoms with Crippen molar-refractivity contribution in [3.05, 3.63) is 59.2 Å². The highest BCUT2D eigenvalue weighted by molar-refractivity contribution is 6.00. The van der Waals surface area contributed by atoms with Crippen LogP contribution < -0.4 is 9.80 Å². The zero-order valence-corrected chi connectivity index (χ0v) is 18.2. The van der Waals surface area contributed by atoms with Crippen LogP contribution in [0.4, 0.5) is 11.4 Å². The van der Waals surface area contributed by atoms with Crippen LogP contribution in [0, 0.1) is 19.8 Å². The van der Waals surface area contributed by atoms with E-state index in [2.05, 4.69) is 56.0 Å². The first-order chi connectivity index (χ1) is 14.5. The van der Waals surface area contributed by atoms with Crippen LogP contribution in [0.5, 0.6) is 0 Å². The van der Waals surface area contributed by atoms with Crippen molar-refractivity contribution in [3.63, 3.8) is 0 Å². The normalized spacial score (nSPS) is 19.5. The van der Waals surface area contributed by atoms with E-state index < -0.39 is 0 Å². The number of amides is 2. The van der Waals surface area contributed by atoms with E-state index in [-0.39, 0.29) is 17.7 Å². The SMILES string of the molecule is CCc1ccc(N2CC(C(=O)N3CCN(c4cccc(C)c4C)CC3)CC2=O)cc1. The van der Waals surface area contributed by atoms with E-state index >= 15 is 0 Å². The minimum Gasteiger partial charge on any atom is -0.368 e. The predicted octanol–water partition coefficient (Wildman–Crippen LogP) is 3.57. The van der Waals surface area contributed by atoms with Gasteiger partial charge < -0.3 is 14.7 Å². The van der Waals surface area contributed by atoms with Gasteiger partial charge in [-0.25, -0.2) is 0 Å². The standard InChI is InChI=1S/C25H31N3O2/c1-4-20-8-10-22(11-9-20)28-17-21(16-24(28)29)25(30)27-14-12-26(13-15-27)23-7-5-6-18(2)19(23)3/h5-11,21H,4,12-17H2,1-3H3. The van der Waals surface area contributed by atoms with Crippen LogP contribution in [-0.2, 0) is 16.0 Å². The summed E-state index contributed by atoms with van der Waals surface area (Å²) in [5.74, 6) is -0.0705. The van der Waals surface area contributed by atoms with Crippen LogP contribution in [0.25, 0.3) is 0 Å². The van der Waals surface area contributed by atoms with Gasteiger partial charge in [0.2, 0.25) is 11.8 Å². The highest BCUT2D eigenvalue weighted by atomic mass is 16.2. The molecule has 30 heavy (non-hydrogen) atoms. The lowest BCUT2D eigenvalue weighted by Gasteiger charge is -2.38. The molecule has 158 valence electrons. The molecule has 0 bridgehead atoms. The number of benzene rings is 2. The topological polar surface area (TPSA) is 43.9 Å². The largest absolute Gasteiger partial charge is 0.368 e. The fourth-order valence-corrected chi connectivity index (χ4v) is 4.54. The molecule has 5 heteroatoms. The zero-order chi connectivity index (χ0) is 21.3. The van der Waals surface area contributed by atoms with E-state index in [1.165, 1.54) is 22.4 Å². The van der Waals surface area contributed by atoms with Gasteiger partial charge in [-0.1, -0.05) is 31.2 Å². The predicted molar refractivity (Wildman–Crippen MR) is 121 cm³/mol. The molecule has 0 radical (unpaired) electrons. The molecule has 0 N–H and O–H groups in total. The van der Waals surface area contributed by atoms with E-state index in [1.54, 1.807) is 4.90 Å². The molecule has 2 heterocycles. The highest BCUT2D eigenvalue weighted by Crippen LogP contribution is 2.28. The summed E-state index contributed by atoms with van der Waals surface area (Å²) in [5.41, 5.74) is 6.01. The van der Waals surface area contributed by atoms with Crippen LogP contribution in [0.15, 0.2) is 42.5 Å². The van der Waals surface area contributed by atoms with E-state index in [4.69, 9.17) is 0 Å². The van der Waals surface area contributed by atoms with Crippen molar-refractivity contribution < 1.29 is 9.59 Å². The molecule has 0 saturated carbocycles. The first-order valence-corrected chi connectivity index (χ1v) is 11.0. The van der Waals surface area contributed by atoms with Crippen LogP contribution in [-0.4, -0.2) is 49.4 Å². The average molecular weight is 406 g/mol. The second kappa shape index (κ2) is 8.50. The van der Waals surface area contributed by atoms with Gasteiger partial charge in [0.15, 0.2) is 0 Å². The Labute approximate surface area is 179 Å². The van der Waals surface area contributed by atoms with Gasteiger partial charge in [-0.2, -0.15) is 0 Å². The minimum atomic E-state index is -0.240. The Balaban J connectivity index is 1.37.